The molecule has 0 atom stereocenters. The Balaban J connectivity index is 1.62. The van der Waals surface area contributed by atoms with Crippen LogP contribution in [-0.4, -0.2) is 43.9 Å². The Hall–Kier alpha value is -1.39. The number of oxime groups is 1. The molecule has 1 fully saturated rings. The Morgan fingerprint density at radius 1 is 1.29 bits per heavy atom. The fraction of sp³-hybridized carbons (Fsp3) is 0.462. The van der Waals surface area contributed by atoms with Crippen molar-refractivity contribution in [2.24, 2.45) is 5.16 Å². The number of hydrogen-bond acceptors (Lipinski definition) is 4. The highest BCUT2D eigenvalue weighted by molar-refractivity contribution is 5.92. The van der Waals surface area contributed by atoms with Gasteiger partial charge in [-0.3, -0.25) is 4.90 Å². The van der Waals surface area contributed by atoms with Crippen molar-refractivity contribution in [2.75, 3.05) is 33.3 Å². The lowest BCUT2D eigenvalue weighted by molar-refractivity contribution is 0.115. The van der Waals surface area contributed by atoms with E-state index in [0.717, 1.165) is 31.9 Å². The Kier molecular flexibility index (Phi) is 4.53. The third-order valence-electron chi connectivity index (χ3n) is 2.71. The lowest BCUT2D eigenvalue weighted by Gasteiger charge is -2.18. The van der Waals surface area contributed by atoms with Crippen LogP contribution in [0, 0.1) is 0 Å². The zero-order valence-electron chi connectivity index (χ0n) is 10.2. The molecule has 1 aliphatic heterocycles. The van der Waals surface area contributed by atoms with Crippen LogP contribution in [0.15, 0.2) is 35.5 Å². The maximum absolute atomic E-state index is 5.25. The topological polar surface area (TPSA) is 36.9 Å². The summed E-state index contributed by atoms with van der Waals surface area (Å²) in [6, 6.07) is 10.4. The molecule has 0 aromatic heterocycles. The Morgan fingerprint density at radius 3 is 2.71 bits per heavy atom. The smallest absolute Gasteiger partial charge is 0.129 e. The summed E-state index contributed by atoms with van der Waals surface area (Å²) in [5, 5.41) is 7.16. The minimum Gasteiger partial charge on any atom is -0.394 e. The zero-order chi connectivity index (χ0) is 11.9. The maximum atomic E-state index is 5.25. The normalized spacial score (nSPS) is 14.6. The largest absolute Gasteiger partial charge is 0.394 e. The molecule has 0 spiro atoms. The molecule has 1 saturated heterocycles. The summed E-state index contributed by atoms with van der Waals surface area (Å²) in [6.07, 6.45) is 0. The number of likely N-dealkylation sites (N-methyl/N-ethyl adjacent to an activating group) is 1. The minimum atomic E-state index is 0.646. The van der Waals surface area contributed by atoms with Crippen LogP contribution in [0.4, 0.5) is 0 Å². The van der Waals surface area contributed by atoms with E-state index in [0.29, 0.717) is 6.61 Å². The molecule has 0 amide bonds. The molecule has 0 radical (unpaired) electrons. The van der Waals surface area contributed by atoms with E-state index in [1.807, 2.05) is 6.07 Å². The van der Waals surface area contributed by atoms with Gasteiger partial charge in [0.25, 0.3) is 0 Å². The summed E-state index contributed by atoms with van der Waals surface area (Å²) in [5.41, 5.74) is 2.43. The van der Waals surface area contributed by atoms with Crippen molar-refractivity contribution in [3.05, 3.63) is 35.9 Å². The standard InChI is InChI=1S/C13H19N3O/c1-16(11-12-5-3-2-4-6-12)7-8-17-15-13-9-14-10-13/h2-6,14H,7-11H2,1H3. The van der Waals surface area contributed by atoms with E-state index in [1.54, 1.807) is 0 Å². The molecule has 17 heavy (non-hydrogen) atoms. The lowest BCUT2D eigenvalue weighted by Crippen LogP contribution is -2.42. The lowest BCUT2D eigenvalue weighted by atomic mass is 10.2. The molecule has 4 heteroatoms. The summed E-state index contributed by atoms with van der Waals surface area (Å²) >= 11 is 0. The van der Waals surface area contributed by atoms with E-state index in [2.05, 4.69) is 46.7 Å². The average molecular weight is 233 g/mol. The quantitative estimate of drug-likeness (QED) is 0.590. The highest BCUT2D eigenvalue weighted by atomic mass is 16.6. The van der Waals surface area contributed by atoms with Gasteiger partial charge < -0.3 is 10.2 Å². The maximum Gasteiger partial charge on any atom is 0.129 e. The van der Waals surface area contributed by atoms with E-state index in [4.69, 9.17) is 4.84 Å². The van der Waals surface area contributed by atoms with Crippen LogP contribution in [0.3, 0.4) is 0 Å². The van der Waals surface area contributed by atoms with Crippen LogP contribution in [-0.2, 0) is 11.4 Å². The van der Waals surface area contributed by atoms with Crippen LogP contribution >= 0.6 is 0 Å². The third kappa shape index (κ3) is 4.17. The third-order valence-corrected chi connectivity index (χ3v) is 2.71. The summed E-state index contributed by atoms with van der Waals surface area (Å²) in [6.45, 7) is 4.23. The fourth-order valence-electron chi connectivity index (χ4n) is 1.61. The van der Waals surface area contributed by atoms with Crippen LogP contribution in [0.1, 0.15) is 5.56 Å². The van der Waals surface area contributed by atoms with Gasteiger partial charge in [-0.1, -0.05) is 35.5 Å². The molecule has 0 unspecified atom stereocenters. The number of nitrogens with zero attached hydrogens (tertiary/aromatic N) is 2. The van der Waals surface area contributed by atoms with E-state index >= 15 is 0 Å². The van der Waals surface area contributed by atoms with Crippen LogP contribution in [0.25, 0.3) is 0 Å². The molecule has 4 nitrogen and oxygen atoms in total. The first-order valence-electron chi connectivity index (χ1n) is 5.95. The highest BCUT2D eigenvalue weighted by Gasteiger charge is 2.08. The molecule has 1 aromatic rings. The Labute approximate surface area is 102 Å². The summed E-state index contributed by atoms with van der Waals surface area (Å²) in [5.74, 6) is 0. The SMILES string of the molecule is CN(CCON=C1CNC1)Cc1ccccc1. The fourth-order valence-corrected chi connectivity index (χ4v) is 1.61. The van der Waals surface area contributed by atoms with Crippen molar-refractivity contribution < 1.29 is 4.84 Å². The van der Waals surface area contributed by atoms with E-state index in [1.165, 1.54) is 5.56 Å². The van der Waals surface area contributed by atoms with Crippen molar-refractivity contribution in [3.8, 4) is 0 Å². The van der Waals surface area contributed by atoms with Crippen molar-refractivity contribution in [1.29, 1.82) is 0 Å². The summed E-state index contributed by atoms with van der Waals surface area (Å²) < 4.78 is 0. The van der Waals surface area contributed by atoms with Gasteiger partial charge in [0.15, 0.2) is 0 Å². The van der Waals surface area contributed by atoms with E-state index < -0.39 is 0 Å². The average Bonchev–Trinajstić information content (AvgIpc) is 2.27. The first-order chi connectivity index (χ1) is 8.34. The van der Waals surface area contributed by atoms with Gasteiger partial charge in [-0.25, -0.2) is 0 Å². The number of rotatable bonds is 6. The van der Waals surface area contributed by atoms with Gasteiger partial charge in [0, 0.05) is 26.2 Å². The Morgan fingerprint density at radius 2 is 2.06 bits per heavy atom. The molecule has 92 valence electrons. The van der Waals surface area contributed by atoms with Gasteiger partial charge in [-0.2, -0.15) is 0 Å². The van der Waals surface area contributed by atoms with Crippen molar-refractivity contribution in [1.82, 2.24) is 10.2 Å². The van der Waals surface area contributed by atoms with Crippen molar-refractivity contribution in [2.45, 2.75) is 6.54 Å². The monoisotopic (exact) mass is 233 g/mol. The molecule has 1 aliphatic rings. The second-order valence-corrected chi connectivity index (χ2v) is 4.32. The molecular weight excluding hydrogens is 214 g/mol. The highest BCUT2D eigenvalue weighted by Crippen LogP contribution is 2.02. The zero-order valence-corrected chi connectivity index (χ0v) is 10.2. The molecule has 2 rings (SSSR count). The molecule has 1 N–H and O–H groups in total. The van der Waals surface area contributed by atoms with E-state index in [9.17, 15) is 0 Å². The minimum absolute atomic E-state index is 0.646. The number of nitrogens with one attached hydrogen (secondary N) is 1. The van der Waals surface area contributed by atoms with E-state index in [-0.39, 0.29) is 0 Å². The first kappa shape index (κ1) is 12.1. The molecule has 0 bridgehead atoms. The van der Waals surface area contributed by atoms with Crippen LogP contribution < -0.4 is 5.32 Å². The summed E-state index contributed by atoms with van der Waals surface area (Å²) in [7, 11) is 2.09. The van der Waals surface area contributed by atoms with Crippen LogP contribution in [0.2, 0.25) is 0 Å². The molecular formula is C13H19N3O. The summed E-state index contributed by atoms with van der Waals surface area (Å²) in [4.78, 5) is 7.48. The van der Waals surface area contributed by atoms with Gasteiger partial charge in [-0.15, -0.1) is 0 Å². The molecule has 1 heterocycles. The van der Waals surface area contributed by atoms with Crippen molar-refractivity contribution in [3.63, 3.8) is 0 Å². The van der Waals surface area contributed by atoms with Crippen molar-refractivity contribution >= 4 is 5.71 Å². The molecule has 0 saturated carbocycles. The van der Waals surface area contributed by atoms with Gasteiger partial charge in [-0.05, 0) is 12.6 Å². The van der Waals surface area contributed by atoms with Gasteiger partial charge in [0.1, 0.15) is 6.61 Å². The second kappa shape index (κ2) is 6.37. The second-order valence-electron chi connectivity index (χ2n) is 4.32. The Bertz CT molecular complexity index is 358. The molecule has 1 aromatic carbocycles. The molecule has 0 aliphatic carbocycles. The van der Waals surface area contributed by atoms with Gasteiger partial charge in [0.05, 0.1) is 5.71 Å². The number of benzene rings is 1. The predicted molar refractivity (Wildman–Crippen MR) is 69.0 cm³/mol. The van der Waals surface area contributed by atoms with Gasteiger partial charge in [0.2, 0.25) is 0 Å². The number of hydrogen-bond donors (Lipinski definition) is 1. The first-order valence-corrected chi connectivity index (χ1v) is 5.95. The van der Waals surface area contributed by atoms with Gasteiger partial charge >= 0.3 is 0 Å². The predicted octanol–water partition coefficient (Wildman–Crippen LogP) is 1.09. The van der Waals surface area contributed by atoms with Crippen LogP contribution in [0.5, 0.6) is 0 Å².